The van der Waals surface area contributed by atoms with Crippen molar-refractivity contribution < 1.29 is 9.18 Å². The van der Waals surface area contributed by atoms with Gasteiger partial charge in [0.1, 0.15) is 5.82 Å². The molecular formula is C18H18FN5OS. The van der Waals surface area contributed by atoms with Gasteiger partial charge in [-0.1, -0.05) is 6.07 Å². The highest BCUT2D eigenvalue weighted by Crippen LogP contribution is 2.31. The number of carbonyl (C=O) groups is 1. The van der Waals surface area contributed by atoms with Gasteiger partial charge in [-0.05, 0) is 55.7 Å². The Hall–Kier alpha value is -2.61. The van der Waals surface area contributed by atoms with Gasteiger partial charge in [-0.25, -0.2) is 4.39 Å². The molecule has 0 saturated carbocycles. The first-order chi connectivity index (χ1) is 12.6. The van der Waals surface area contributed by atoms with Crippen LogP contribution in [-0.4, -0.2) is 37.6 Å². The molecule has 3 aromatic rings. The van der Waals surface area contributed by atoms with E-state index in [0.29, 0.717) is 18.1 Å². The summed E-state index contributed by atoms with van der Waals surface area (Å²) in [5.41, 5.74) is 0.506. The standard InChI is InChI=1S/C18H18FN5OS/c1-12-8-9-16(26-12)18(25)23-10-3-2-7-15(23)17-20-22-24(21-17)14-6-4-5-13(19)11-14/h4-6,8-9,11,15H,2-3,7,10H2,1H3. The summed E-state index contributed by atoms with van der Waals surface area (Å²) < 4.78 is 13.4. The Kier molecular flexibility index (Phi) is 4.50. The second kappa shape index (κ2) is 6.95. The minimum Gasteiger partial charge on any atom is -0.328 e. The number of benzene rings is 1. The third-order valence-electron chi connectivity index (χ3n) is 4.48. The van der Waals surface area contributed by atoms with Crippen LogP contribution < -0.4 is 0 Å². The monoisotopic (exact) mass is 371 g/mol. The number of rotatable bonds is 3. The van der Waals surface area contributed by atoms with Gasteiger partial charge in [-0.2, -0.15) is 0 Å². The predicted molar refractivity (Wildman–Crippen MR) is 95.8 cm³/mol. The van der Waals surface area contributed by atoms with Crippen molar-refractivity contribution in [3.05, 3.63) is 57.8 Å². The number of nitrogens with zero attached hydrogens (tertiary/aromatic N) is 5. The van der Waals surface area contributed by atoms with Crippen LogP contribution in [0.15, 0.2) is 36.4 Å². The van der Waals surface area contributed by atoms with Gasteiger partial charge >= 0.3 is 0 Å². The SMILES string of the molecule is Cc1ccc(C(=O)N2CCCCC2c2nnn(-c3cccc(F)c3)n2)s1. The van der Waals surface area contributed by atoms with Gasteiger partial charge in [-0.15, -0.1) is 26.3 Å². The fraction of sp³-hybridized carbons (Fsp3) is 0.333. The first-order valence-electron chi connectivity index (χ1n) is 8.55. The average Bonchev–Trinajstić information content (AvgIpc) is 3.30. The molecule has 1 aliphatic heterocycles. The number of aromatic nitrogens is 4. The van der Waals surface area contributed by atoms with Crippen molar-refractivity contribution in [3.8, 4) is 5.69 Å². The summed E-state index contributed by atoms with van der Waals surface area (Å²) in [5, 5.41) is 12.6. The van der Waals surface area contributed by atoms with Crippen LogP contribution in [0.3, 0.4) is 0 Å². The number of thiophene rings is 1. The molecule has 0 spiro atoms. The van der Waals surface area contributed by atoms with E-state index in [1.807, 2.05) is 24.0 Å². The Morgan fingerprint density at radius 1 is 1.27 bits per heavy atom. The molecule has 1 aliphatic rings. The predicted octanol–water partition coefficient (Wildman–Crippen LogP) is 3.54. The molecule has 6 nitrogen and oxygen atoms in total. The zero-order chi connectivity index (χ0) is 18.1. The molecule has 1 amide bonds. The summed E-state index contributed by atoms with van der Waals surface area (Å²) >= 11 is 1.50. The van der Waals surface area contributed by atoms with E-state index >= 15 is 0 Å². The number of hydrogen-bond donors (Lipinski definition) is 0. The molecule has 0 radical (unpaired) electrons. The summed E-state index contributed by atoms with van der Waals surface area (Å²) in [6.07, 6.45) is 2.77. The fourth-order valence-electron chi connectivity index (χ4n) is 3.20. The second-order valence-corrected chi connectivity index (χ2v) is 7.63. The summed E-state index contributed by atoms with van der Waals surface area (Å²) in [4.78, 5) is 17.9. The number of halogens is 1. The lowest BCUT2D eigenvalue weighted by Gasteiger charge is -2.33. The van der Waals surface area contributed by atoms with Crippen LogP contribution in [0.2, 0.25) is 0 Å². The molecule has 0 N–H and O–H groups in total. The first kappa shape index (κ1) is 16.8. The molecule has 1 saturated heterocycles. The number of tetrazole rings is 1. The van der Waals surface area contributed by atoms with Crippen molar-refractivity contribution in [2.24, 2.45) is 0 Å². The van der Waals surface area contributed by atoms with E-state index in [1.54, 1.807) is 12.1 Å². The lowest BCUT2D eigenvalue weighted by atomic mass is 10.0. The van der Waals surface area contributed by atoms with Crippen LogP contribution in [0.1, 0.15) is 45.7 Å². The molecule has 3 heterocycles. The van der Waals surface area contributed by atoms with Crippen LogP contribution in [0.5, 0.6) is 0 Å². The average molecular weight is 371 g/mol. The number of carbonyl (C=O) groups excluding carboxylic acids is 1. The van der Waals surface area contributed by atoms with Gasteiger partial charge in [-0.3, -0.25) is 4.79 Å². The maximum Gasteiger partial charge on any atom is 0.264 e. The highest BCUT2D eigenvalue weighted by Gasteiger charge is 2.32. The summed E-state index contributed by atoms with van der Waals surface area (Å²) in [7, 11) is 0. The van der Waals surface area contributed by atoms with Crippen molar-refractivity contribution in [1.82, 2.24) is 25.1 Å². The minimum atomic E-state index is -0.358. The Balaban J connectivity index is 1.62. The lowest BCUT2D eigenvalue weighted by Crippen LogP contribution is -2.38. The molecule has 0 bridgehead atoms. The Morgan fingerprint density at radius 2 is 2.15 bits per heavy atom. The zero-order valence-electron chi connectivity index (χ0n) is 14.3. The van der Waals surface area contributed by atoms with E-state index in [1.165, 1.54) is 28.3 Å². The van der Waals surface area contributed by atoms with Gasteiger partial charge < -0.3 is 4.90 Å². The van der Waals surface area contributed by atoms with Gasteiger partial charge in [0.25, 0.3) is 5.91 Å². The third-order valence-corrected chi connectivity index (χ3v) is 5.47. The van der Waals surface area contributed by atoms with Crippen LogP contribution in [-0.2, 0) is 0 Å². The first-order valence-corrected chi connectivity index (χ1v) is 9.37. The van der Waals surface area contributed by atoms with Crippen LogP contribution in [0, 0.1) is 12.7 Å². The minimum absolute atomic E-state index is 0.00917. The molecule has 1 atom stereocenters. The van der Waals surface area contributed by atoms with Gasteiger partial charge in [0.2, 0.25) is 0 Å². The molecule has 8 heteroatoms. The summed E-state index contributed by atoms with van der Waals surface area (Å²) in [6, 6.07) is 9.65. The number of likely N-dealkylation sites (tertiary alicyclic amines) is 1. The molecule has 0 aliphatic carbocycles. The fourth-order valence-corrected chi connectivity index (χ4v) is 4.03. The quantitative estimate of drug-likeness (QED) is 0.706. The van der Waals surface area contributed by atoms with Gasteiger partial charge in [0, 0.05) is 17.5 Å². The molecule has 2 aromatic heterocycles. The molecule has 1 fully saturated rings. The normalized spacial score (nSPS) is 17.5. The van der Waals surface area contributed by atoms with E-state index in [2.05, 4.69) is 15.4 Å². The Morgan fingerprint density at radius 3 is 2.92 bits per heavy atom. The summed E-state index contributed by atoms with van der Waals surface area (Å²) in [5.74, 6) is 0.148. The van der Waals surface area contributed by atoms with Crippen molar-refractivity contribution >= 4 is 17.2 Å². The highest BCUT2D eigenvalue weighted by atomic mass is 32.1. The Labute approximate surface area is 154 Å². The Bertz CT molecular complexity index is 937. The van der Waals surface area contributed by atoms with E-state index < -0.39 is 0 Å². The smallest absolute Gasteiger partial charge is 0.264 e. The van der Waals surface area contributed by atoms with Gasteiger partial charge in [0.05, 0.1) is 16.6 Å². The highest BCUT2D eigenvalue weighted by molar-refractivity contribution is 7.13. The van der Waals surface area contributed by atoms with Crippen LogP contribution in [0.25, 0.3) is 5.69 Å². The molecule has 4 rings (SSSR count). The van der Waals surface area contributed by atoms with Crippen LogP contribution >= 0.6 is 11.3 Å². The molecule has 26 heavy (non-hydrogen) atoms. The van der Waals surface area contributed by atoms with Crippen molar-refractivity contribution in [3.63, 3.8) is 0 Å². The maximum atomic E-state index is 13.4. The molecule has 1 unspecified atom stereocenters. The van der Waals surface area contributed by atoms with Crippen LogP contribution in [0.4, 0.5) is 4.39 Å². The van der Waals surface area contributed by atoms with E-state index in [-0.39, 0.29) is 17.8 Å². The van der Waals surface area contributed by atoms with E-state index in [9.17, 15) is 9.18 Å². The number of aryl methyl sites for hydroxylation is 1. The topological polar surface area (TPSA) is 63.9 Å². The molecule has 1 aromatic carbocycles. The number of amides is 1. The zero-order valence-corrected chi connectivity index (χ0v) is 15.1. The van der Waals surface area contributed by atoms with E-state index in [0.717, 1.165) is 29.0 Å². The second-order valence-electron chi connectivity index (χ2n) is 6.34. The molecular weight excluding hydrogens is 353 g/mol. The number of piperidine rings is 1. The van der Waals surface area contributed by atoms with Crippen molar-refractivity contribution in [1.29, 1.82) is 0 Å². The van der Waals surface area contributed by atoms with Gasteiger partial charge in [0.15, 0.2) is 5.82 Å². The van der Waals surface area contributed by atoms with Crippen molar-refractivity contribution in [2.75, 3.05) is 6.54 Å². The third kappa shape index (κ3) is 3.24. The lowest BCUT2D eigenvalue weighted by molar-refractivity contribution is 0.0605. The molecule has 134 valence electrons. The number of hydrogen-bond acceptors (Lipinski definition) is 5. The summed E-state index contributed by atoms with van der Waals surface area (Å²) in [6.45, 7) is 2.66. The van der Waals surface area contributed by atoms with Crippen molar-refractivity contribution in [2.45, 2.75) is 32.2 Å². The largest absolute Gasteiger partial charge is 0.328 e. The van der Waals surface area contributed by atoms with E-state index in [4.69, 9.17) is 0 Å². The maximum absolute atomic E-state index is 13.4.